The lowest BCUT2D eigenvalue weighted by Crippen LogP contribution is -2.41. The minimum absolute atomic E-state index is 0.0544. The van der Waals surface area contributed by atoms with E-state index in [4.69, 9.17) is 0 Å². The Kier molecular flexibility index (Phi) is 5.55. The number of benzene rings is 1. The van der Waals surface area contributed by atoms with Crippen molar-refractivity contribution >= 4 is 38.5 Å². The predicted molar refractivity (Wildman–Crippen MR) is 112 cm³/mol. The number of carbonyl (C=O) groups is 1. The first-order chi connectivity index (χ1) is 14.0. The second-order valence-electron chi connectivity index (χ2n) is 6.83. The molecule has 0 radical (unpaired) electrons. The van der Waals surface area contributed by atoms with Crippen molar-refractivity contribution in [3.8, 4) is 5.69 Å². The van der Waals surface area contributed by atoms with E-state index in [2.05, 4.69) is 15.1 Å². The number of carbonyl (C=O) groups excluding carboxylic acids is 1. The van der Waals surface area contributed by atoms with E-state index in [-0.39, 0.29) is 29.2 Å². The molecule has 3 aromatic rings. The van der Waals surface area contributed by atoms with Gasteiger partial charge in [-0.05, 0) is 25.5 Å². The highest BCUT2D eigenvalue weighted by Crippen LogP contribution is 2.27. The number of sulfone groups is 1. The van der Waals surface area contributed by atoms with Gasteiger partial charge >= 0.3 is 0 Å². The molecule has 0 unspecified atom stereocenters. The SMILES string of the molecule is CCN(C(=O)CSc1ncnc2c1cnn2-c1ccccc1)[C@@H]1CCS(=O)(=O)C1. The van der Waals surface area contributed by atoms with Crippen LogP contribution < -0.4 is 0 Å². The fraction of sp³-hybridized carbons (Fsp3) is 0.368. The Hall–Kier alpha value is -2.46. The minimum atomic E-state index is -3.04. The van der Waals surface area contributed by atoms with Crippen LogP contribution in [-0.4, -0.2) is 68.8 Å². The van der Waals surface area contributed by atoms with Gasteiger partial charge in [-0.25, -0.2) is 23.1 Å². The summed E-state index contributed by atoms with van der Waals surface area (Å²) in [6.45, 7) is 2.37. The van der Waals surface area contributed by atoms with Gasteiger partial charge < -0.3 is 4.90 Å². The van der Waals surface area contributed by atoms with Crippen molar-refractivity contribution in [1.29, 1.82) is 0 Å². The van der Waals surface area contributed by atoms with Crippen molar-refractivity contribution in [2.75, 3.05) is 23.8 Å². The minimum Gasteiger partial charge on any atom is -0.338 e. The van der Waals surface area contributed by atoms with Crippen LogP contribution in [-0.2, 0) is 14.6 Å². The standard InChI is InChI=1S/C19H21N5O3S2/c1-2-23(15-8-9-29(26,27)12-15)17(25)11-28-19-16-10-22-24(18(16)20-13-21-19)14-6-4-3-5-7-14/h3-7,10,13,15H,2,8-9,11-12H2,1H3/t15-/m1/s1. The van der Waals surface area contributed by atoms with E-state index >= 15 is 0 Å². The summed E-state index contributed by atoms with van der Waals surface area (Å²) in [5.41, 5.74) is 1.57. The summed E-state index contributed by atoms with van der Waals surface area (Å²) in [5.74, 6) is 0.313. The Bertz CT molecular complexity index is 1130. The van der Waals surface area contributed by atoms with E-state index in [1.807, 2.05) is 37.3 Å². The largest absolute Gasteiger partial charge is 0.338 e. The Labute approximate surface area is 173 Å². The van der Waals surface area contributed by atoms with Crippen molar-refractivity contribution in [3.63, 3.8) is 0 Å². The van der Waals surface area contributed by atoms with Gasteiger partial charge in [-0.1, -0.05) is 30.0 Å². The molecule has 1 fully saturated rings. The van der Waals surface area contributed by atoms with Crippen molar-refractivity contribution < 1.29 is 13.2 Å². The highest BCUT2D eigenvalue weighted by atomic mass is 32.2. The van der Waals surface area contributed by atoms with E-state index in [0.717, 1.165) is 11.1 Å². The van der Waals surface area contributed by atoms with E-state index < -0.39 is 9.84 Å². The van der Waals surface area contributed by atoms with Crippen LogP contribution in [0.3, 0.4) is 0 Å². The zero-order valence-corrected chi connectivity index (χ0v) is 17.6. The van der Waals surface area contributed by atoms with Gasteiger partial charge in [-0.15, -0.1) is 0 Å². The summed E-state index contributed by atoms with van der Waals surface area (Å²) < 4.78 is 25.3. The third-order valence-corrected chi connectivity index (χ3v) is 7.71. The van der Waals surface area contributed by atoms with Gasteiger partial charge in [0.15, 0.2) is 15.5 Å². The lowest BCUT2D eigenvalue weighted by atomic mass is 10.2. The van der Waals surface area contributed by atoms with Crippen LogP contribution in [0.15, 0.2) is 47.9 Å². The molecular weight excluding hydrogens is 410 g/mol. The van der Waals surface area contributed by atoms with Crippen molar-refractivity contribution in [1.82, 2.24) is 24.6 Å². The molecule has 3 heterocycles. The molecule has 0 bridgehead atoms. The average Bonchev–Trinajstić information content (AvgIpc) is 3.31. The highest BCUT2D eigenvalue weighted by Gasteiger charge is 2.33. The van der Waals surface area contributed by atoms with Gasteiger partial charge in [-0.3, -0.25) is 4.79 Å². The summed E-state index contributed by atoms with van der Waals surface area (Å²) in [5, 5.41) is 5.88. The molecule has 1 atom stereocenters. The van der Waals surface area contributed by atoms with Crippen LogP contribution in [0.1, 0.15) is 13.3 Å². The topological polar surface area (TPSA) is 98.1 Å². The lowest BCUT2D eigenvalue weighted by molar-refractivity contribution is -0.129. The van der Waals surface area contributed by atoms with Gasteiger partial charge in [0.2, 0.25) is 5.91 Å². The Morgan fingerprint density at radius 3 is 2.76 bits per heavy atom. The smallest absolute Gasteiger partial charge is 0.233 e. The Morgan fingerprint density at radius 2 is 2.07 bits per heavy atom. The first-order valence-corrected chi connectivity index (χ1v) is 12.2. The van der Waals surface area contributed by atoms with Gasteiger partial charge in [0.05, 0.1) is 34.5 Å². The zero-order valence-electron chi connectivity index (χ0n) is 15.9. The second-order valence-corrected chi connectivity index (χ2v) is 10.0. The number of thioether (sulfide) groups is 1. The number of hydrogen-bond donors (Lipinski definition) is 0. The number of aromatic nitrogens is 4. The molecule has 29 heavy (non-hydrogen) atoms. The maximum atomic E-state index is 12.8. The van der Waals surface area contributed by atoms with Gasteiger partial charge in [0.1, 0.15) is 11.4 Å². The molecule has 152 valence electrons. The first kappa shape index (κ1) is 19.8. The molecule has 2 aromatic heterocycles. The summed E-state index contributed by atoms with van der Waals surface area (Å²) >= 11 is 1.32. The predicted octanol–water partition coefficient (Wildman–Crippen LogP) is 1.94. The Balaban J connectivity index is 1.51. The van der Waals surface area contributed by atoms with Crippen LogP contribution in [0, 0.1) is 0 Å². The first-order valence-electron chi connectivity index (χ1n) is 9.35. The van der Waals surface area contributed by atoms with Crippen LogP contribution in [0.4, 0.5) is 0 Å². The van der Waals surface area contributed by atoms with Crippen LogP contribution >= 0.6 is 11.8 Å². The summed E-state index contributed by atoms with van der Waals surface area (Å²) in [4.78, 5) is 23.1. The van der Waals surface area contributed by atoms with Crippen LogP contribution in [0.25, 0.3) is 16.7 Å². The maximum Gasteiger partial charge on any atom is 0.233 e. The van der Waals surface area contributed by atoms with E-state index in [1.165, 1.54) is 18.1 Å². The molecule has 1 amide bonds. The molecule has 1 aliphatic heterocycles. The molecule has 0 saturated carbocycles. The quantitative estimate of drug-likeness (QED) is 0.434. The lowest BCUT2D eigenvalue weighted by Gasteiger charge is -2.26. The van der Waals surface area contributed by atoms with Gasteiger partial charge in [0.25, 0.3) is 0 Å². The number of amides is 1. The number of nitrogens with zero attached hydrogens (tertiary/aromatic N) is 5. The van der Waals surface area contributed by atoms with E-state index in [0.29, 0.717) is 23.6 Å². The molecule has 4 rings (SSSR count). The molecule has 8 nitrogen and oxygen atoms in total. The van der Waals surface area contributed by atoms with E-state index in [9.17, 15) is 13.2 Å². The highest BCUT2D eigenvalue weighted by molar-refractivity contribution is 8.00. The summed E-state index contributed by atoms with van der Waals surface area (Å²) in [7, 11) is -3.04. The molecule has 1 aliphatic rings. The number of hydrogen-bond acceptors (Lipinski definition) is 7. The molecule has 10 heteroatoms. The fourth-order valence-corrected chi connectivity index (χ4v) is 6.15. The molecule has 0 aliphatic carbocycles. The molecule has 0 spiro atoms. The third kappa shape index (κ3) is 4.13. The van der Waals surface area contributed by atoms with Crippen LogP contribution in [0.2, 0.25) is 0 Å². The second kappa shape index (κ2) is 8.11. The number of para-hydroxylation sites is 1. The average molecular weight is 432 g/mol. The van der Waals surface area contributed by atoms with Crippen molar-refractivity contribution in [2.45, 2.75) is 24.4 Å². The molecular formula is C19H21N5O3S2. The van der Waals surface area contributed by atoms with Crippen LogP contribution in [0.5, 0.6) is 0 Å². The van der Waals surface area contributed by atoms with Crippen molar-refractivity contribution in [2.24, 2.45) is 0 Å². The molecule has 0 N–H and O–H groups in total. The fourth-order valence-electron chi connectivity index (χ4n) is 3.57. The van der Waals surface area contributed by atoms with E-state index in [1.54, 1.807) is 15.8 Å². The Morgan fingerprint density at radius 1 is 1.28 bits per heavy atom. The van der Waals surface area contributed by atoms with Gasteiger partial charge in [0, 0.05) is 12.6 Å². The third-order valence-electron chi connectivity index (χ3n) is 4.97. The van der Waals surface area contributed by atoms with Gasteiger partial charge in [-0.2, -0.15) is 5.10 Å². The van der Waals surface area contributed by atoms with Crippen molar-refractivity contribution in [3.05, 3.63) is 42.9 Å². The molecule has 1 saturated heterocycles. The molecule has 1 aromatic carbocycles. The zero-order chi connectivity index (χ0) is 20.4. The summed E-state index contributed by atoms with van der Waals surface area (Å²) in [6, 6.07) is 9.46. The number of fused-ring (bicyclic) bond motifs is 1. The summed E-state index contributed by atoms with van der Waals surface area (Å²) in [6.07, 6.45) is 3.68. The monoisotopic (exact) mass is 431 g/mol. The number of rotatable bonds is 6. The maximum absolute atomic E-state index is 12.8. The normalized spacial score (nSPS) is 18.2.